The first-order valence-corrected chi connectivity index (χ1v) is 5.60. The Morgan fingerprint density at radius 1 is 1.33 bits per heavy atom. The number of nitrogens with two attached hydrogens (primary N) is 1. The molecule has 82 valence electrons. The number of aromatic nitrogens is 1. The zero-order valence-corrected chi connectivity index (χ0v) is 9.53. The smallest absolute Gasteiger partial charge is 0.0429 e. The SMILES string of the molecule is Cc1cc(N2CCC(N)CC2)c(C)cn1. The van der Waals surface area contributed by atoms with Crippen LogP contribution in [0.5, 0.6) is 0 Å². The van der Waals surface area contributed by atoms with Crippen molar-refractivity contribution in [3.63, 3.8) is 0 Å². The molecule has 3 heteroatoms. The number of hydrogen-bond donors (Lipinski definition) is 1. The molecule has 0 spiro atoms. The quantitative estimate of drug-likeness (QED) is 0.757. The van der Waals surface area contributed by atoms with Crippen molar-refractivity contribution < 1.29 is 0 Å². The third-order valence-electron chi connectivity index (χ3n) is 3.09. The van der Waals surface area contributed by atoms with Gasteiger partial charge in [-0.2, -0.15) is 0 Å². The van der Waals surface area contributed by atoms with E-state index < -0.39 is 0 Å². The minimum absolute atomic E-state index is 0.393. The van der Waals surface area contributed by atoms with Crippen LogP contribution in [0.15, 0.2) is 12.3 Å². The van der Waals surface area contributed by atoms with E-state index in [0.717, 1.165) is 31.6 Å². The maximum absolute atomic E-state index is 5.90. The molecule has 1 saturated heterocycles. The summed E-state index contributed by atoms with van der Waals surface area (Å²) in [5.41, 5.74) is 9.58. The van der Waals surface area contributed by atoms with Crippen LogP contribution in [0.2, 0.25) is 0 Å². The first kappa shape index (κ1) is 10.4. The second-order valence-electron chi connectivity index (χ2n) is 4.44. The predicted molar refractivity (Wildman–Crippen MR) is 63.1 cm³/mol. The molecule has 1 aromatic heterocycles. The third kappa shape index (κ3) is 2.29. The summed E-state index contributed by atoms with van der Waals surface area (Å²) in [7, 11) is 0. The summed E-state index contributed by atoms with van der Waals surface area (Å²) >= 11 is 0. The number of hydrogen-bond acceptors (Lipinski definition) is 3. The van der Waals surface area contributed by atoms with E-state index in [1.165, 1.54) is 11.3 Å². The fourth-order valence-electron chi connectivity index (χ4n) is 2.09. The molecule has 0 aliphatic carbocycles. The molecule has 1 aromatic rings. The highest BCUT2D eigenvalue weighted by Gasteiger charge is 2.17. The molecule has 1 aliphatic heterocycles. The molecule has 0 bridgehead atoms. The van der Waals surface area contributed by atoms with Crippen LogP contribution >= 0.6 is 0 Å². The van der Waals surface area contributed by atoms with E-state index in [9.17, 15) is 0 Å². The largest absolute Gasteiger partial charge is 0.371 e. The van der Waals surface area contributed by atoms with Gasteiger partial charge < -0.3 is 10.6 Å². The summed E-state index contributed by atoms with van der Waals surface area (Å²) in [4.78, 5) is 6.72. The monoisotopic (exact) mass is 205 g/mol. The number of nitrogens with zero attached hydrogens (tertiary/aromatic N) is 2. The lowest BCUT2D eigenvalue weighted by molar-refractivity contribution is 0.500. The molecule has 2 heterocycles. The first-order chi connectivity index (χ1) is 7.16. The van der Waals surface area contributed by atoms with Gasteiger partial charge in [-0.3, -0.25) is 4.98 Å². The van der Waals surface area contributed by atoms with Crippen LogP contribution < -0.4 is 10.6 Å². The summed E-state index contributed by atoms with van der Waals surface area (Å²) in [5.74, 6) is 0. The highest BCUT2D eigenvalue weighted by Crippen LogP contribution is 2.23. The van der Waals surface area contributed by atoms with E-state index in [4.69, 9.17) is 5.73 Å². The topological polar surface area (TPSA) is 42.1 Å². The maximum atomic E-state index is 5.90. The van der Waals surface area contributed by atoms with Gasteiger partial charge in [0.1, 0.15) is 0 Å². The highest BCUT2D eigenvalue weighted by molar-refractivity contribution is 5.53. The molecule has 2 rings (SSSR count). The standard InChI is InChI=1S/C12H19N3/c1-9-8-14-10(2)7-12(9)15-5-3-11(13)4-6-15/h7-8,11H,3-6,13H2,1-2H3. The Bertz CT molecular complexity index is 341. The molecule has 1 fully saturated rings. The van der Waals surface area contributed by atoms with Crippen LogP contribution in [0.25, 0.3) is 0 Å². The molecule has 0 amide bonds. The Balaban J connectivity index is 2.18. The summed E-state index contributed by atoms with van der Waals surface area (Å²) in [6, 6.07) is 2.57. The molecular weight excluding hydrogens is 186 g/mol. The van der Waals surface area contributed by atoms with Gasteiger partial charge in [-0.1, -0.05) is 0 Å². The molecular formula is C12H19N3. The van der Waals surface area contributed by atoms with Crippen molar-refractivity contribution in [1.29, 1.82) is 0 Å². The van der Waals surface area contributed by atoms with Crippen LogP contribution in [-0.2, 0) is 0 Å². The van der Waals surface area contributed by atoms with Gasteiger partial charge >= 0.3 is 0 Å². The third-order valence-corrected chi connectivity index (χ3v) is 3.09. The van der Waals surface area contributed by atoms with Crippen LogP contribution in [0, 0.1) is 13.8 Å². The number of anilines is 1. The highest BCUT2D eigenvalue weighted by atomic mass is 15.1. The molecule has 0 saturated carbocycles. The summed E-state index contributed by atoms with van der Waals surface area (Å²) in [5, 5.41) is 0. The van der Waals surface area contributed by atoms with Crippen molar-refractivity contribution in [2.24, 2.45) is 5.73 Å². The van der Waals surface area contributed by atoms with Gasteiger partial charge in [0.05, 0.1) is 0 Å². The molecule has 0 unspecified atom stereocenters. The molecule has 2 N–H and O–H groups in total. The second kappa shape index (κ2) is 4.19. The van der Waals surface area contributed by atoms with E-state index in [-0.39, 0.29) is 0 Å². The van der Waals surface area contributed by atoms with E-state index >= 15 is 0 Å². The average Bonchev–Trinajstić information content (AvgIpc) is 2.23. The van der Waals surface area contributed by atoms with Gasteiger partial charge in [-0.25, -0.2) is 0 Å². The molecule has 0 radical (unpaired) electrons. The van der Waals surface area contributed by atoms with Crippen molar-refractivity contribution in [2.75, 3.05) is 18.0 Å². The number of aryl methyl sites for hydroxylation is 2. The summed E-state index contributed by atoms with van der Waals surface area (Å²) in [6.07, 6.45) is 4.15. The van der Waals surface area contributed by atoms with Crippen LogP contribution in [-0.4, -0.2) is 24.1 Å². The molecule has 0 aromatic carbocycles. The van der Waals surface area contributed by atoms with Gasteiger partial charge in [0, 0.05) is 36.7 Å². The van der Waals surface area contributed by atoms with Gasteiger partial charge in [0.15, 0.2) is 0 Å². The lowest BCUT2D eigenvalue weighted by Gasteiger charge is -2.33. The van der Waals surface area contributed by atoms with E-state index in [2.05, 4.69) is 22.9 Å². The Morgan fingerprint density at radius 2 is 2.00 bits per heavy atom. The predicted octanol–water partition coefficient (Wildman–Crippen LogP) is 1.63. The van der Waals surface area contributed by atoms with E-state index in [0.29, 0.717) is 6.04 Å². The molecule has 15 heavy (non-hydrogen) atoms. The fraction of sp³-hybridized carbons (Fsp3) is 0.583. The first-order valence-electron chi connectivity index (χ1n) is 5.60. The number of piperidine rings is 1. The molecule has 1 aliphatic rings. The average molecular weight is 205 g/mol. The molecule has 0 atom stereocenters. The van der Waals surface area contributed by atoms with Crippen molar-refractivity contribution in [1.82, 2.24) is 4.98 Å². The maximum Gasteiger partial charge on any atom is 0.0429 e. The van der Waals surface area contributed by atoms with E-state index in [1.54, 1.807) is 0 Å². The lowest BCUT2D eigenvalue weighted by atomic mass is 10.0. The van der Waals surface area contributed by atoms with Crippen molar-refractivity contribution >= 4 is 5.69 Å². The Morgan fingerprint density at radius 3 is 2.67 bits per heavy atom. The Hall–Kier alpha value is -1.09. The number of rotatable bonds is 1. The lowest BCUT2D eigenvalue weighted by Crippen LogP contribution is -2.40. The van der Waals surface area contributed by atoms with Gasteiger partial charge in [-0.05, 0) is 38.3 Å². The van der Waals surface area contributed by atoms with Crippen LogP contribution in [0.1, 0.15) is 24.1 Å². The zero-order valence-electron chi connectivity index (χ0n) is 9.53. The van der Waals surface area contributed by atoms with Gasteiger partial charge in [0.2, 0.25) is 0 Å². The minimum atomic E-state index is 0.393. The van der Waals surface area contributed by atoms with Crippen LogP contribution in [0.3, 0.4) is 0 Å². The Kier molecular flexibility index (Phi) is 2.91. The van der Waals surface area contributed by atoms with Crippen molar-refractivity contribution in [2.45, 2.75) is 32.7 Å². The van der Waals surface area contributed by atoms with Crippen molar-refractivity contribution in [3.8, 4) is 0 Å². The minimum Gasteiger partial charge on any atom is -0.371 e. The van der Waals surface area contributed by atoms with E-state index in [1.807, 2.05) is 13.1 Å². The normalized spacial score (nSPS) is 18.2. The van der Waals surface area contributed by atoms with Crippen LogP contribution in [0.4, 0.5) is 5.69 Å². The fourth-order valence-corrected chi connectivity index (χ4v) is 2.09. The zero-order chi connectivity index (χ0) is 10.8. The second-order valence-corrected chi connectivity index (χ2v) is 4.44. The summed E-state index contributed by atoms with van der Waals surface area (Å²) in [6.45, 7) is 6.31. The van der Waals surface area contributed by atoms with Gasteiger partial charge in [0.25, 0.3) is 0 Å². The van der Waals surface area contributed by atoms with Gasteiger partial charge in [-0.15, -0.1) is 0 Å². The number of pyridine rings is 1. The summed E-state index contributed by atoms with van der Waals surface area (Å²) < 4.78 is 0. The molecule has 3 nitrogen and oxygen atoms in total. The van der Waals surface area contributed by atoms with Crippen molar-refractivity contribution in [3.05, 3.63) is 23.5 Å². The Labute approximate surface area is 91.3 Å².